The lowest BCUT2D eigenvalue weighted by atomic mass is 9.97. The van der Waals surface area contributed by atoms with Crippen LogP contribution in [0.3, 0.4) is 0 Å². The first-order valence-electron chi connectivity index (χ1n) is 12.5. The van der Waals surface area contributed by atoms with Crippen LogP contribution in [0.1, 0.15) is 70.8 Å². The Kier molecular flexibility index (Phi) is 6.42. The second-order valence-electron chi connectivity index (χ2n) is 9.96. The van der Waals surface area contributed by atoms with E-state index in [1.165, 1.54) is 6.92 Å². The van der Waals surface area contributed by atoms with Crippen LogP contribution in [-0.4, -0.2) is 18.3 Å². The molecule has 6 heteroatoms. The molecule has 2 heterocycles. The van der Waals surface area contributed by atoms with Crippen LogP contribution < -0.4 is 15.1 Å². The Bertz CT molecular complexity index is 1570. The van der Waals surface area contributed by atoms with Crippen LogP contribution in [0.15, 0.2) is 75.9 Å². The van der Waals surface area contributed by atoms with Crippen molar-refractivity contribution in [2.24, 2.45) is 5.92 Å². The minimum absolute atomic E-state index is 0.0353. The molecule has 3 aromatic carbocycles. The van der Waals surface area contributed by atoms with E-state index in [0.29, 0.717) is 46.1 Å². The number of aryl methyl sites for hydroxylation is 1. The number of nitrogens with zero attached hydrogens (tertiary/aromatic N) is 1. The summed E-state index contributed by atoms with van der Waals surface area (Å²) >= 11 is 0. The van der Waals surface area contributed by atoms with Crippen molar-refractivity contribution >= 4 is 28.3 Å². The predicted molar refractivity (Wildman–Crippen MR) is 144 cm³/mol. The zero-order valence-corrected chi connectivity index (χ0v) is 21.4. The summed E-state index contributed by atoms with van der Waals surface area (Å²) in [7, 11) is 0. The quantitative estimate of drug-likeness (QED) is 0.274. The number of carbonyl (C=O) groups excluding carboxylic acids is 2. The summed E-state index contributed by atoms with van der Waals surface area (Å²) in [4.78, 5) is 41.0. The molecule has 37 heavy (non-hydrogen) atoms. The van der Waals surface area contributed by atoms with Gasteiger partial charge >= 0.3 is 0 Å². The van der Waals surface area contributed by atoms with Crippen LogP contribution in [0.4, 0.5) is 5.69 Å². The maximum atomic E-state index is 13.8. The summed E-state index contributed by atoms with van der Waals surface area (Å²) in [5.41, 5.74) is 3.23. The third-order valence-corrected chi connectivity index (χ3v) is 6.72. The van der Waals surface area contributed by atoms with E-state index in [1.54, 1.807) is 41.3 Å². The van der Waals surface area contributed by atoms with Crippen molar-refractivity contribution in [3.05, 3.63) is 105 Å². The van der Waals surface area contributed by atoms with Gasteiger partial charge in [-0.2, -0.15) is 0 Å². The highest BCUT2D eigenvalue weighted by Gasteiger charge is 2.43. The van der Waals surface area contributed by atoms with Crippen LogP contribution in [0.2, 0.25) is 0 Å². The number of hydrogen-bond donors (Lipinski definition) is 0. The van der Waals surface area contributed by atoms with E-state index in [9.17, 15) is 14.4 Å². The van der Waals surface area contributed by atoms with E-state index in [2.05, 4.69) is 13.8 Å². The number of anilines is 1. The number of hydrogen-bond acceptors (Lipinski definition) is 5. The van der Waals surface area contributed by atoms with Gasteiger partial charge in [-0.15, -0.1) is 0 Å². The van der Waals surface area contributed by atoms with Gasteiger partial charge in [0.25, 0.3) is 5.91 Å². The van der Waals surface area contributed by atoms with Gasteiger partial charge in [0.05, 0.1) is 23.6 Å². The van der Waals surface area contributed by atoms with Crippen molar-refractivity contribution < 1.29 is 18.7 Å². The van der Waals surface area contributed by atoms with Gasteiger partial charge in [-0.05, 0) is 80.3 Å². The third kappa shape index (κ3) is 4.55. The fourth-order valence-electron chi connectivity index (χ4n) is 4.71. The highest BCUT2D eigenvalue weighted by molar-refractivity contribution is 6.11. The molecule has 1 aromatic heterocycles. The smallest absolute Gasteiger partial charge is 0.295 e. The summed E-state index contributed by atoms with van der Waals surface area (Å²) in [5.74, 6) is 0.752. The van der Waals surface area contributed by atoms with E-state index < -0.39 is 11.9 Å². The molecule has 1 amide bonds. The monoisotopic (exact) mass is 495 g/mol. The van der Waals surface area contributed by atoms with Gasteiger partial charge in [0.1, 0.15) is 11.3 Å². The molecular weight excluding hydrogens is 466 g/mol. The highest BCUT2D eigenvalue weighted by Crippen LogP contribution is 2.42. The number of fused-ring (bicyclic) bond motifs is 2. The number of Topliss-reactive ketones (excluding diaryl/α,β-unsaturated/α-hetero) is 1. The van der Waals surface area contributed by atoms with Gasteiger partial charge in [-0.3, -0.25) is 19.3 Å². The first-order valence-corrected chi connectivity index (χ1v) is 12.5. The molecule has 0 bridgehead atoms. The lowest BCUT2D eigenvalue weighted by Gasteiger charge is -2.25. The Balaban J connectivity index is 1.67. The molecule has 0 N–H and O–H groups in total. The fourth-order valence-corrected chi connectivity index (χ4v) is 4.71. The van der Waals surface area contributed by atoms with E-state index in [-0.39, 0.29) is 17.0 Å². The second-order valence-corrected chi connectivity index (χ2v) is 9.96. The molecule has 0 radical (unpaired) electrons. The largest absolute Gasteiger partial charge is 0.494 e. The molecule has 0 spiro atoms. The lowest BCUT2D eigenvalue weighted by molar-refractivity contribution is 0.0970. The molecule has 0 aliphatic carbocycles. The highest BCUT2D eigenvalue weighted by atomic mass is 16.5. The van der Waals surface area contributed by atoms with Crippen LogP contribution in [0, 0.1) is 12.8 Å². The molecule has 0 fully saturated rings. The van der Waals surface area contributed by atoms with E-state index >= 15 is 0 Å². The minimum atomic E-state index is -0.708. The van der Waals surface area contributed by atoms with Gasteiger partial charge in [-0.25, -0.2) is 0 Å². The standard InChI is InChI=1S/C31H29NO5/c1-18(2)14-15-36-24-7-5-6-22(17-24)28-27-29(34)25-16-19(3)8-13-26(25)37-30(27)31(35)32(28)23-11-9-21(10-12-23)20(4)33/h5-13,16-18,28H,14-15H2,1-4H3. The zero-order chi connectivity index (χ0) is 26.3. The molecule has 1 unspecified atom stereocenters. The number of carbonyl (C=O) groups is 2. The number of rotatable bonds is 7. The average molecular weight is 496 g/mol. The van der Waals surface area contributed by atoms with Gasteiger partial charge in [-0.1, -0.05) is 37.6 Å². The van der Waals surface area contributed by atoms with Crippen molar-refractivity contribution in [2.75, 3.05) is 11.5 Å². The van der Waals surface area contributed by atoms with Crippen molar-refractivity contribution in [3.8, 4) is 5.75 Å². The Morgan fingerprint density at radius 1 is 1.03 bits per heavy atom. The van der Waals surface area contributed by atoms with Gasteiger partial charge in [0.15, 0.2) is 11.2 Å². The van der Waals surface area contributed by atoms with Crippen LogP contribution in [0.5, 0.6) is 5.75 Å². The van der Waals surface area contributed by atoms with Crippen molar-refractivity contribution in [1.82, 2.24) is 0 Å². The zero-order valence-electron chi connectivity index (χ0n) is 21.4. The van der Waals surface area contributed by atoms with E-state index in [4.69, 9.17) is 9.15 Å². The summed E-state index contributed by atoms with van der Waals surface area (Å²) in [6.45, 7) is 8.26. The first-order chi connectivity index (χ1) is 17.7. The third-order valence-electron chi connectivity index (χ3n) is 6.72. The van der Waals surface area contributed by atoms with E-state index in [0.717, 1.165) is 17.5 Å². The number of benzene rings is 3. The lowest BCUT2D eigenvalue weighted by Crippen LogP contribution is -2.29. The summed E-state index contributed by atoms with van der Waals surface area (Å²) < 4.78 is 12.1. The number of amides is 1. The Morgan fingerprint density at radius 3 is 2.49 bits per heavy atom. The normalized spacial score (nSPS) is 14.9. The topological polar surface area (TPSA) is 76.8 Å². The Morgan fingerprint density at radius 2 is 1.78 bits per heavy atom. The molecule has 1 atom stereocenters. The molecule has 1 aliphatic heterocycles. The summed E-state index contributed by atoms with van der Waals surface area (Å²) in [6, 6.07) is 19.0. The molecule has 1 aliphatic rings. The molecule has 0 saturated carbocycles. The summed E-state index contributed by atoms with van der Waals surface area (Å²) in [5, 5.41) is 0.440. The maximum Gasteiger partial charge on any atom is 0.295 e. The fraction of sp³-hybridized carbons (Fsp3) is 0.258. The molecule has 188 valence electrons. The molecular formula is C31H29NO5. The first kappa shape index (κ1) is 24.5. The SMILES string of the molecule is CC(=O)c1ccc(N2C(=O)c3oc4ccc(C)cc4c(=O)c3C2c2cccc(OCCC(C)C)c2)cc1. The molecule has 5 rings (SSSR count). The van der Waals surface area contributed by atoms with Crippen LogP contribution in [0.25, 0.3) is 11.0 Å². The number of ether oxygens (including phenoxy) is 1. The van der Waals surface area contributed by atoms with Crippen molar-refractivity contribution in [1.29, 1.82) is 0 Å². The minimum Gasteiger partial charge on any atom is -0.494 e. The van der Waals surface area contributed by atoms with Gasteiger partial charge in [0.2, 0.25) is 5.76 Å². The van der Waals surface area contributed by atoms with Crippen molar-refractivity contribution in [2.45, 2.75) is 40.2 Å². The van der Waals surface area contributed by atoms with E-state index in [1.807, 2.05) is 37.3 Å². The molecule has 4 aromatic rings. The second kappa shape index (κ2) is 9.69. The van der Waals surface area contributed by atoms with Gasteiger partial charge < -0.3 is 9.15 Å². The van der Waals surface area contributed by atoms with Crippen LogP contribution >= 0.6 is 0 Å². The summed E-state index contributed by atoms with van der Waals surface area (Å²) in [6.07, 6.45) is 0.915. The molecule has 6 nitrogen and oxygen atoms in total. The van der Waals surface area contributed by atoms with Crippen molar-refractivity contribution in [3.63, 3.8) is 0 Å². The Labute approximate surface area is 215 Å². The van der Waals surface area contributed by atoms with Crippen LogP contribution in [-0.2, 0) is 0 Å². The number of ketones is 1. The molecule has 0 saturated heterocycles. The Hall–Kier alpha value is -4.19. The average Bonchev–Trinajstić information content (AvgIpc) is 3.17. The predicted octanol–water partition coefficient (Wildman–Crippen LogP) is 6.48. The van der Waals surface area contributed by atoms with Gasteiger partial charge in [0, 0.05) is 11.3 Å². The maximum absolute atomic E-state index is 13.8.